The molecule has 0 radical (unpaired) electrons. The third-order valence-electron chi connectivity index (χ3n) is 2.27. The van der Waals surface area contributed by atoms with E-state index < -0.39 is 18.4 Å². The monoisotopic (exact) mass is 179 g/mol. The molecule has 12 heavy (non-hydrogen) atoms. The maximum atomic E-state index is 13.2. The van der Waals surface area contributed by atoms with Gasteiger partial charge in [0, 0.05) is 13.0 Å². The first-order valence-electron chi connectivity index (χ1n) is 4.24. The van der Waals surface area contributed by atoms with E-state index in [1.54, 1.807) is 0 Å². The summed E-state index contributed by atoms with van der Waals surface area (Å²) in [4.78, 5) is 0. The van der Waals surface area contributed by atoms with Crippen molar-refractivity contribution in [1.29, 1.82) is 0 Å². The van der Waals surface area contributed by atoms with Gasteiger partial charge in [0.1, 0.15) is 6.61 Å². The van der Waals surface area contributed by atoms with Crippen molar-refractivity contribution in [3.63, 3.8) is 0 Å². The van der Waals surface area contributed by atoms with Gasteiger partial charge < -0.3 is 10.1 Å². The van der Waals surface area contributed by atoms with Gasteiger partial charge in [-0.25, -0.2) is 8.78 Å². The molecule has 0 aromatic rings. The molecule has 0 saturated carbocycles. The number of nitrogens with one attached hydrogen (secondary N) is 1. The standard InChI is InChI=1S/C8H15F2NO/c1-12-6-8(9,10)7-2-4-11-5-3-7/h7,11H,2-6H2,1H3. The van der Waals surface area contributed by atoms with Gasteiger partial charge in [-0.15, -0.1) is 0 Å². The Morgan fingerprint density at radius 1 is 1.42 bits per heavy atom. The van der Waals surface area contributed by atoms with E-state index in [9.17, 15) is 8.78 Å². The molecule has 0 aromatic heterocycles. The molecule has 1 saturated heterocycles. The lowest BCUT2D eigenvalue weighted by Gasteiger charge is -2.29. The number of methoxy groups -OCH3 is 1. The minimum Gasteiger partial charge on any atom is -0.378 e. The van der Waals surface area contributed by atoms with Crippen LogP contribution >= 0.6 is 0 Å². The lowest BCUT2D eigenvalue weighted by atomic mass is 9.92. The summed E-state index contributed by atoms with van der Waals surface area (Å²) in [5.74, 6) is -3.14. The third kappa shape index (κ3) is 2.38. The predicted molar refractivity (Wildman–Crippen MR) is 42.4 cm³/mol. The second kappa shape index (κ2) is 4.14. The van der Waals surface area contributed by atoms with Gasteiger partial charge in [-0.2, -0.15) is 0 Å². The van der Waals surface area contributed by atoms with Crippen molar-refractivity contribution in [2.24, 2.45) is 5.92 Å². The zero-order valence-corrected chi connectivity index (χ0v) is 7.28. The van der Waals surface area contributed by atoms with Crippen LogP contribution < -0.4 is 5.32 Å². The summed E-state index contributed by atoms with van der Waals surface area (Å²) in [7, 11) is 1.31. The average Bonchev–Trinajstić information content (AvgIpc) is 2.06. The second-order valence-electron chi connectivity index (χ2n) is 3.22. The van der Waals surface area contributed by atoms with Crippen molar-refractivity contribution in [1.82, 2.24) is 5.32 Å². The molecule has 1 aliphatic rings. The highest BCUT2D eigenvalue weighted by atomic mass is 19.3. The van der Waals surface area contributed by atoms with Crippen molar-refractivity contribution < 1.29 is 13.5 Å². The summed E-state index contributed by atoms with van der Waals surface area (Å²) in [5, 5.41) is 3.05. The van der Waals surface area contributed by atoms with E-state index in [1.165, 1.54) is 7.11 Å². The minimum atomic E-state index is -2.64. The molecule has 0 unspecified atom stereocenters. The first-order chi connectivity index (χ1) is 5.67. The van der Waals surface area contributed by atoms with Gasteiger partial charge in [-0.3, -0.25) is 0 Å². The maximum Gasteiger partial charge on any atom is 0.273 e. The molecule has 0 bridgehead atoms. The normalized spacial score (nSPS) is 21.2. The van der Waals surface area contributed by atoms with Crippen molar-refractivity contribution >= 4 is 0 Å². The molecule has 72 valence electrons. The summed E-state index contributed by atoms with van der Waals surface area (Å²) in [5.41, 5.74) is 0. The quantitative estimate of drug-likeness (QED) is 0.704. The SMILES string of the molecule is COCC(F)(F)C1CCNCC1. The summed E-state index contributed by atoms with van der Waals surface area (Å²) >= 11 is 0. The van der Waals surface area contributed by atoms with E-state index in [4.69, 9.17) is 0 Å². The summed E-state index contributed by atoms with van der Waals surface area (Å²) in [6.45, 7) is 0.950. The fraction of sp³-hybridized carbons (Fsp3) is 1.00. The first kappa shape index (κ1) is 9.86. The van der Waals surface area contributed by atoms with E-state index in [0.717, 1.165) is 0 Å². The zero-order chi connectivity index (χ0) is 9.03. The van der Waals surface area contributed by atoms with Crippen LogP contribution in [-0.4, -0.2) is 32.7 Å². The highest BCUT2D eigenvalue weighted by Gasteiger charge is 2.39. The maximum absolute atomic E-state index is 13.2. The fourth-order valence-corrected chi connectivity index (χ4v) is 1.55. The van der Waals surface area contributed by atoms with Gasteiger partial charge in [-0.1, -0.05) is 0 Å². The Kier molecular flexibility index (Phi) is 3.40. The first-order valence-corrected chi connectivity index (χ1v) is 4.24. The van der Waals surface area contributed by atoms with Crippen molar-refractivity contribution in [3.05, 3.63) is 0 Å². The molecule has 1 fully saturated rings. The molecule has 0 atom stereocenters. The Balaban J connectivity index is 2.41. The van der Waals surface area contributed by atoms with Gasteiger partial charge in [0.05, 0.1) is 0 Å². The van der Waals surface area contributed by atoms with Crippen molar-refractivity contribution in [2.75, 3.05) is 26.8 Å². The van der Waals surface area contributed by atoms with Crippen LogP contribution in [0.3, 0.4) is 0 Å². The highest BCUT2D eigenvalue weighted by molar-refractivity contribution is 4.81. The molecule has 1 heterocycles. The van der Waals surface area contributed by atoms with E-state index in [1.807, 2.05) is 0 Å². The third-order valence-corrected chi connectivity index (χ3v) is 2.27. The van der Waals surface area contributed by atoms with Gasteiger partial charge in [-0.05, 0) is 25.9 Å². The Morgan fingerprint density at radius 3 is 2.50 bits per heavy atom. The van der Waals surface area contributed by atoms with Gasteiger partial charge in [0.2, 0.25) is 0 Å². The van der Waals surface area contributed by atoms with Crippen LogP contribution in [0.5, 0.6) is 0 Å². The molecule has 0 amide bonds. The highest BCUT2D eigenvalue weighted by Crippen LogP contribution is 2.31. The van der Waals surface area contributed by atoms with Crippen molar-refractivity contribution in [2.45, 2.75) is 18.8 Å². The molecule has 0 aromatic carbocycles. The van der Waals surface area contributed by atoms with Gasteiger partial charge >= 0.3 is 0 Å². The van der Waals surface area contributed by atoms with Crippen LogP contribution in [0.4, 0.5) is 8.78 Å². The molecule has 1 aliphatic heterocycles. The number of halogens is 2. The Bertz CT molecular complexity index is 135. The lowest BCUT2D eigenvalue weighted by molar-refractivity contribution is -0.115. The van der Waals surface area contributed by atoms with Crippen LogP contribution in [0.15, 0.2) is 0 Å². The lowest BCUT2D eigenvalue weighted by Crippen LogP contribution is -2.40. The molecule has 1 N–H and O–H groups in total. The number of rotatable bonds is 3. The van der Waals surface area contributed by atoms with E-state index >= 15 is 0 Å². The molecule has 0 spiro atoms. The number of alkyl halides is 2. The number of piperidine rings is 1. The van der Waals surface area contributed by atoms with E-state index in [2.05, 4.69) is 10.1 Å². The topological polar surface area (TPSA) is 21.3 Å². The van der Waals surface area contributed by atoms with Crippen LogP contribution in [0.2, 0.25) is 0 Å². The van der Waals surface area contributed by atoms with Crippen LogP contribution in [-0.2, 0) is 4.74 Å². The van der Waals surface area contributed by atoms with Crippen LogP contribution in [0.1, 0.15) is 12.8 Å². The largest absolute Gasteiger partial charge is 0.378 e. The molecule has 0 aliphatic carbocycles. The van der Waals surface area contributed by atoms with Crippen LogP contribution in [0.25, 0.3) is 0 Å². The van der Waals surface area contributed by atoms with Gasteiger partial charge in [0.25, 0.3) is 5.92 Å². The fourth-order valence-electron chi connectivity index (χ4n) is 1.55. The number of hydrogen-bond acceptors (Lipinski definition) is 2. The summed E-state index contributed by atoms with van der Waals surface area (Å²) in [6, 6.07) is 0. The summed E-state index contributed by atoms with van der Waals surface area (Å²) < 4.78 is 30.8. The Morgan fingerprint density at radius 2 is 2.00 bits per heavy atom. The predicted octanol–water partition coefficient (Wildman–Crippen LogP) is 1.27. The Hall–Kier alpha value is -0.220. The molecular weight excluding hydrogens is 164 g/mol. The van der Waals surface area contributed by atoms with E-state index in [0.29, 0.717) is 25.9 Å². The second-order valence-corrected chi connectivity index (χ2v) is 3.22. The van der Waals surface area contributed by atoms with Crippen molar-refractivity contribution in [3.8, 4) is 0 Å². The molecule has 1 rings (SSSR count). The molecule has 2 nitrogen and oxygen atoms in total. The van der Waals surface area contributed by atoms with Crippen LogP contribution in [0, 0.1) is 5.92 Å². The minimum absolute atomic E-state index is 0.447. The average molecular weight is 179 g/mol. The zero-order valence-electron chi connectivity index (χ0n) is 7.28. The van der Waals surface area contributed by atoms with Gasteiger partial charge in [0.15, 0.2) is 0 Å². The smallest absolute Gasteiger partial charge is 0.273 e. The Labute approximate surface area is 71.3 Å². The number of hydrogen-bond donors (Lipinski definition) is 1. The molecular formula is C8H15F2NO. The molecule has 4 heteroatoms. The number of ether oxygens (including phenoxy) is 1. The summed E-state index contributed by atoms with van der Waals surface area (Å²) in [6.07, 6.45) is 1.10. The van der Waals surface area contributed by atoms with E-state index in [-0.39, 0.29) is 0 Å².